The van der Waals surface area contributed by atoms with Crippen LogP contribution >= 0.6 is 46.4 Å². The van der Waals surface area contributed by atoms with Crippen LogP contribution in [0.3, 0.4) is 0 Å². The topological polar surface area (TPSA) is 41.5 Å². The average molecular weight is 376 g/mol. The van der Waals surface area contributed by atoms with Gasteiger partial charge in [0.15, 0.2) is 0 Å². The lowest BCUT2D eigenvalue weighted by molar-refractivity contribution is 0.0955. The van der Waals surface area contributed by atoms with Gasteiger partial charge < -0.3 is 0 Å². The zero-order chi connectivity index (χ0) is 16.3. The summed E-state index contributed by atoms with van der Waals surface area (Å²) in [6, 6.07) is 9.70. The van der Waals surface area contributed by atoms with E-state index in [1.54, 1.807) is 31.2 Å². The summed E-state index contributed by atoms with van der Waals surface area (Å²) in [6.45, 7) is 1.74. The second-order valence-electron chi connectivity index (χ2n) is 4.39. The SMILES string of the molecule is C/C(=N\NC(=O)c1ccc(Cl)cc1Cl)c1ccc(Cl)c(Cl)c1. The number of halogens is 4. The highest BCUT2D eigenvalue weighted by atomic mass is 35.5. The van der Waals surface area contributed by atoms with Crippen LogP contribution in [0.25, 0.3) is 0 Å². The van der Waals surface area contributed by atoms with Crippen LogP contribution in [0.2, 0.25) is 20.1 Å². The highest BCUT2D eigenvalue weighted by Crippen LogP contribution is 2.23. The van der Waals surface area contributed by atoms with Gasteiger partial charge in [-0.3, -0.25) is 4.79 Å². The molecule has 0 aliphatic heterocycles. The maximum atomic E-state index is 12.0. The molecule has 0 aliphatic carbocycles. The van der Waals surface area contributed by atoms with Crippen LogP contribution in [-0.2, 0) is 0 Å². The Morgan fingerprint density at radius 2 is 1.68 bits per heavy atom. The van der Waals surface area contributed by atoms with Crippen LogP contribution in [0.5, 0.6) is 0 Å². The molecular weight excluding hydrogens is 366 g/mol. The molecule has 2 aromatic carbocycles. The molecule has 22 heavy (non-hydrogen) atoms. The number of rotatable bonds is 3. The minimum absolute atomic E-state index is 0.257. The second-order valence-corrected chi connectivity index (χ2v) is 6.05. The van der Waals surface area contributed by atoms with E-state index in [1.807, 2.05) is 0 Å². The van der Waals surface area contributed by atoms with Crippen LogP contribution in [0, 0.1) is 0 Å². The molecule has 0 saturated carbocycles. The number of nitrogens with zero attached hydrogens (tertiary/aromatic N) is 1. The van der Waals surface area contributed by atoms with Crippen LogP contribution in [-0.4, -0.2) is 11.6 Å². The van der Waals surface area contributed by atoms with Crippen LogP contribution < -0.4 is 5.43 Å². The van der Waals surface area contributed by atoms with Gasteiger partial charge in [0, 0.05) is 5.02 Å². The highest BCUT2D eigenvalue weighted by molar-refractivity contribution is 6.42. The molecule has 0 spiro atoms. The van der Waals surface area contributed by atoms with Crippen molar-refractivity contribution in [1.29, 1.82) is 0 Å². The zero-order valence-electron chi connectivity index (χ0n) is 11.3. The van der Waals surface area contributed by atoms with Gasteiger partial charge in [-0.25, -0.2) is 5.43 Å². The first-order valence-electron chi connectivity index (χ1n) is 6.13. The molecular formula is C15H10Cl4N2O. The first-order valence-corrected chi connectivity index (χ1v) is 7.65. The van der Waals surface area contributed by atoms with Crippen molar-refractivity contribution in [2.24, 2.45) is 5.10 Å². The molecule has 0 aliphatic rings. The maximum Gasteiger partial charge on any atom is 0.272 e. The molecule has 1 amide bonds. The van der Waals surface area contributed by atoms with Crippen molar-refractivity contribution in [3.05, 3.63) is 67.6 Å². The van der Waals surface area contributed by atoms with Gasteiger partial charge in [-0.1, -0.05) is 52.5 Å². The number of carbonyl (C=O) groups is 1. The summed E-state index contributed by atoms with van der Waals surface area (Å²) >= 11 is 23.6. The lowest BCUT2D eigenvalue weighted by Gasteiger charge is -2.06. The minimum Gasteiger partial charge on any atom is -0.267 e. The van der Waals surface area contributed by atoms with E-state index in [0.29, 0.717) is 20.8 Å². The second kappa shape index (κ2) is 7.34. The number of amides is 1. The average Bonchev–Trinajstić information content (AvgIpc) is 2.47. The molecule has 0 atom stereocenters. The Hall–Kier alpha value is -1.26. The predicted molar refractivity (Wildman–Crippen MR) is 92.6 cm³/mol. The van der Waals surface area contributed by atoms with Crippen LogP contribution in [0.15, 0.2) is 41.5 Å². The van der Waals surface area contributed by atoms with E-state index < -0.39 is 5.91 Å². The Morgan fingerprint density at radius 1 is 0.955 bits per heavy atom. The molecule has 0 aromatic heterocycles. The van der Waals surface area contributed by atoms with Crippen molar-refractivity contribution < 1.29 is 4.79 Å². The number of hydrazone groups is 1. The van der Waals surface area contributed by atoms with Gasteiger partial charge in [0.2, 0.25) is 0 Å². The molecule has 0 saturated heterocycles. The third-order valence-electron chi connectivity index (χ3n) is 2.84. The van der Waals surface area contributed by atoms with E-state index in [2.05, 4.69) is 10.5 Å². The van der Waals surface area contributed by atoms with Crippen LogP contribution in [0.4, 0.5) is 0 Å². The number of hydrogen-bond donors (Lipinski definition) is 1. The van der Waals surface area contributed by atoms with Gasteiger partial charge in [0.25, 0.3) is 5.91 Å². The van der Waals surface area contributed by atoms with Gasteiger partial charge in [-0.05, 0) is 42.8 Å². The van der Waals surface area contributed by atoms with E-state index in [-0.39, 0.29) is 10.6 Å². The van der Waals surface area contributed by atoms with Gasteiger partial charge in [0.1, 0.15) is 0 Å². The van der Waals surface area contributed by atoms with Crippen molar-refractivity contribution in [3.8, 4) is 0 Å². The number of hydrogen-bond acceptors (Lipinski definition) is 2. The lowest BCUT2D eigenvalue weighted by atomic mass is 10.1. The first-order chi connectivity index (χ1) is 10.4. The van der Waals surface area contributed by atoms with Crippen molar-refractivity contribution in [2.75, 3.05) is 0 Å². The zero-order valence-corrected chi connectivity index (χ0v) is 14.4. The van der Waals surface area contributed by atoms with Crippen molar-refractivity contribution in [1.82, 2.24) is 5.43 Å². The van der Waals surface area contributed by atoms with E-state index in [4.69, 9.17) is 46.4 Å². The molecule has 0 unspecified atom stereocenters. The summed E-state index contributed by atoms with van der Waals surface area (Å²) < 4.78 is 0. The molecule has 0 radical (unpaired) electrons. The van der Waals surface area contributed by atoms with Gasteiger partial charge in [-0.15, -0.1) is 0 Å². The molecule has 2 aromatic rings. The van der Waals surface area contributed by atoms with Gasteiger partial charge in [0.05, 0.1) is 26.3 Å². The minimum atomic E-state index is -0.430. The highest BCUT2D eigenvalue weighted by Gasteiger charge is 2.10. The number of benzene rings is 2. The van der Waals surface area contributed by atoms with Crippen molar-refractivity contribution in [3.63, 3.8) is 0 Å². The quantitative estimate of drug-likeness (QED) is 0.562. The molecule has 3 nitrogen and oxygen atoms in total. The fraction of sp³-hybridized carbons (Fsp3) is 0.0667. The Kier molecular flexibility index (Phi) is 5.70. The van der Waals surface area contributed by atoms with E-state index >= 15 is 0 Å². The molecule has 114 valence electrons. The van der Waals surface area contributed by atoms with E-state index in [0.717, 1.165) is 5.56 Å². The smallest absolute Gasteiger partial charge is 0.267 e. The first kappa shape index (κ1) is 17.1. The Labute approximate surface area is 147 Å². The summed E-state index contributed by atoms with van der Waals surface area (Å²) in [5.41, 5.74) is 4.05. The summed E-state index contributed by atoms with van der Waals surface area (Å²) in [7, 11) is 0. The molecule has 0 heterocycles. The summed E-state index contributed by atoms with van der Waals surface area (Å²) in [4.78, 5) is 12.0. The summed E-state index contributed by atoms with van der Waals surface area (Å²) in [5, 5.41) is 5.61. The molecule has 7 heteroatoms. The Balaban J connectivity index is 2.16. The molecule has 0 bridgehead atoms. The normalized spacial score (nSPS) is 11.4. The third-order valence-corrected chi connectivity index (χ3v) is 4.13. The van der Waals surface area contributed by atoms with Crippen molar-refractivity contribution in [2.45, 2.75) is 6.92 Å². The summed E-state index contributed by atoms with van der Waals surface area (Å²) in [5.74, 6) is -0.430. The number of nitrogens with one attached hydrogen (secondary N) is 1. The molecule has 1 N–H and O–H groups in total. The van der Waals surface area contributed by atoms with Crippen molar-refractivity contribution >= 4 is 58.0 Å². The predicted octanol–water partition coefficient (Wildman–Crippen LogP) is 5.45. The maximum absolute atomic E-state index is 12.0. The van der Waals surface area contributed by atoms with Crippen LogP contribution in [0.1, 0.15) is 22.8 Å². The third kappa shape index (κ3) is 4.14. The van der Waals surface area contributed by atoms with E-state index in [9.17, 15) is 4.79 Å². The van der Waals surface area contributed by atoms with Gasteiger partial charge in [-0.2, -0.15) is 5.10 Å². The standard InChI is InChI=1S/C15H10Cl4N2O/c1-8(9-2-5-12(17)14(19)6-9)20-21-15(22)11-4-3-10(16)7-13(11)18/h2-7H,1H3,(H,21,22)/b20-8+. The lowest BCUT2D eigenvalue weighted by Crippen LogP contribution is -2.19. The molecule has 0 fully saturated rings. The van der Waals surface area contributed by atoms with E-state index in [1.165, 1.54) is 12.1 Å². The summed E-state index contributed by atoms with van der Waals surface area (Å²) in [6.07, 6.45) is 0. The largest absolute Gasteiger partial charge is 0.272 e. The fourth-order valence-electron chi connectivity index (χ4n) is 1.65. The van der Waals surface area contributed by atoms with Gasteiger partial charge >= 0.3 is 0 Å². The number of carbonyl (C=O) groups excluding carboxylic acids is 1. The Morgan fingerprint density at radius 3 is 2.32 bits per heavy atom. The Bertz CT molecular complexity index is 759. The fourth-order valence-corrected chi connectivity index (χ4v) is 2.45. The monoisotopic (exact) mass is 374 g/mol. The molecule has 2 rings (SSSR count).